The average molecular weight is 331 g/mol. The fraction of sp³-hybridized carbons (Fsp3) is 0.556. The van der Waals surface area contributed by atoms with E-state index in [9.17, 15) is 4.79 Å². The molecule has 0 spiro atoms. The summed E-state index contributed by atoms with van der Waals surface area (Å²) in [5.74, 6) is 0.258. The molecule has 1 aromatic heterocycles. The number of aryl methyl sites for hydroxylation is 1. The number of aromatic nitrogens is 2. The molecule has 1 amide bonds. The quantitative estimate of drug-likeness (QED) is 0.799. The zero-order chi connectivity index (χ0) is 16.4. The van der Waals surface area contributed by atoms with Gasteiger partial charge in [-0.3, -0.25) is 4.79 Å². The number of nitrogens with zero attached hydrogens (tertiary/aromatic N) is 3. The van der Waals surface area contributed by atoms with E-state index >= 15 is 0 Å². The van der Waals surface area contributed by atoms with Gasteiger partial charge in [0, 0.05) is 19.6 Å². The molecule has 0 aliphatic carbocycles. The fourth-order valence-corrected chi connectivity index (χ4v) is 4.35. The van der Waals surface area contributed by atoms with E-state index in [2.05, 4.69) is 27.4 Å². The number of imidazole rings is 1. The summed E-state index contributed by atoms with van der Waals surface area (Å²) in [5, 5.41) is 0.815. The van der Waals surface area contributed by atoms with Crippen molar-refractivity contribution in [2.24, 2.45) is 7.05 Å². The smallest absolute Gasteiger partial charge is 0.236 e. The SMILES string of the molecule is CC[C@H]1CCCCN1C(=O)[C@@H](C)Sc1nc2ccccc2n1C. The summed E-state index contributed by atoms with van der Waals surface area (Å²) in [5.41, 5.74) is 2.10. The standard InChI is InChI=1S/C18H25N3OS/c1-4-14-9-7-8-12-21(14)17(22)13(2)23-18-19-15-10-5-6-11-16(15)20(18)3/h5-6,10-11,13-14H,4,7-9,12H2,1-3H3/t13-,14+/m1/s1. The molecule has 3 rings (SSSR count). The number of rotatable bonds is 4. The number of para-hydroxylation sites is 2. The highest BCUT2D eigenvalue weighted by atomic mass is 32.2. The van der Waals surface area contributed by atoms with Gasteiger partial charge in [-0.1, -0.05) is 30.8 Å². The lowest BCUT2D eigenvalue weighted by Crippen LogP contribution is -2.46. The fourth-order valence-electron chi connectivity index (χ4n) is 3.39. The Labute approximate surface area is 142 Å². The maximum absolute atomic E-state index is 12.9. The molecule has 2 atom stereocenters. The predicted molar refractivity (Wildman–Crippen MR) is 95.7 cm³/mol. The number of carbonyl (C=O) groups is 1. The maximum Gasteiger partial charge on any atom is 0.236 e. The number of amides is 1. The Kier molecular flexibility index (Phi) is 4.95. The Balaban J connectivity index is 1.75. The van der Waals surface area contributed by atoms with Gasteiger partial charge in [0.05, 0.1) is 16.3 Å². The van der Waals surface area contributed by atoms with Crippen molar-refractivity contribution >= 4 is 28.7 Å². The molecule has 2 heterocycles. The Morgan fingerprint density at radius 3 is 2.91 bits per heavy atom. The van der Waals surface area contributed by atoms with Crippen molar-refractivity contribution in [1.82, 2.24) is 14.5 Å². The summed E-state index contributed by atoms with van der Waals surface area (Å²) in [4.78, 5) is 19.6. The van der Waals surface area contributed by atoms with Gasteiger partial charge in [0.1, 0.15) is 0 Å². The van der Waals surface area contributed by atoms with Gasteiger partial charge < -0.3 is 9.47 Å². The Morgan fingerprint density at radius 2 is 2.17 bits per heavy atom. The van der Waals surface area contributed by atoms with Crippen LogP contribution in [0.15, 0.2) is 29.4 Å². The van der Waals surface area contributed by atoms with Crippen LogP contribution in [0.4, 0.5) is 0 Å². The minimum Gasteiger partial charge on any atom is -0.339 e. The summed E-state index contributed by atoms with van der Waals surface area (Å²) in [7, 11) is 2.02. The van der Waals surface area contributed by atoms with Crippen LogP contribution in [0.1, 0.15) is 39.5 Å². The van der Waals surface area contributed by atoms with Crippen LogP contribution in [-0.2, 0) is 11.8 Å². The third kappa shape index (κ3) is 3.25. The topological polar surface area (TPSA) is 38.1 Å². The largest absolute Gasteiger partial charge is 0.339 e. The predicted octanol–water partition coefficient (Wildman–Crippen LogP) is 3.85. The van der Waals surface area contributed by atoms with Gasteiger partial charge in [0.2, 0.25) is 5.91 Å². The number of fused-ring (bicyclic) bond motifs is 1. The van der Waals surface area contributed by atoms with Gasteiger partial charge >= 0.3 is 0 Å². The molecule has 1 aromatic carbocycles. The minimum atomic E-state index is -0.0994. The van der Waals surface area contributed by atoms with Crippen LogP contribution >= 0.6 is 11.8 Å². The highest BCUT2D eigenvalue weighted by molar-refractivity contribution is 8.00. The van der Waals surface area contributed by atoms with Gasteiger partial charge in [-0.15, -0.1) is 0 Å². The molecule has 5 heteroatoms. The molecule has 0 unspecified atom stereocenters. The lowest BCUT2D eigenvalue weighted by molar-refractivity contribution is -0.134. The molecule has 23 heavy (non-hydrogen) atoms. The summed E-state index contributed by atoms with van der Waals surface area (Å²) >= 11 is 1.57. The van der Waals surface area contributed by atoms with E-state index < -0.39 is 0 Å². The maximum atomic E-state index is 12.9. The first-order valence-corrected chi connectivity index (χ1v) is 9.38. The number of carbonyl (C=O) groups excluding carboxylic acids is 1. The monoisotopic (exact) mass is 331 g/mol. The average Bonchev–Trinajstić information content (AvgIpc) is 2.90. The number of hydrogen-bond donors (Lipinski definition) is 0. The third-order valence-electron chi connectivity index (χ3n) is 4.76. The van der Waals surface area contributed by atoms with Gasteiger partial charge in [-0.2, -0.15) is 0 Å². The van der Waals surface area contributed by atoms with Crippen LogP contribution in [0.3, 0.4) is 0 Å². The molecule has 1 fully saturated rings. The third-order valence-corrected chi connectivity index (χ3v) is 5.89. The molecular weight excluding hydrogens is 306 g/mol. The van der Waals surface area contributed by atoms with Gasteiger partial charge in [0.25, 0.3) is 0 Å². The van der Waals surface area contributed by atoms with Crippen LogP contribution in [0.2, 0.25) is 0 Å². The number of piperidine rings is 1. The molecule has 1 aliphatic rings. The van der Waals surface area contributed by atoms with Crippen LogP contribution in [0, 0.1) is 0 Å². The number of benzene rings is 1. The Morgan fingerprint density at radius 1 is 1.39 bits per heavy atom. The van der Waals surface area contributed by atoms with Crippen molar-refractivity contribution in [3.05, 3.63) is 24.3 Å². The van der Waals surface area contributed by atoms with Crippen LogP contribution in [0.5, 0.6) is 0 Å². The summed E-state index contributed by atoms with van der Waals surface area (Å²) in [6, 6.07) is 8.52. The van der Waals surface area contributed by atoms with E-state index in [1.54, 1.807) is 11.8 Å². The summed E-state index contributed by atoms with van der Waals surface area (Å²) < 4.78 is 2.08. The Bertz CT molecular complexity index is 697. The van der Waals surface area contributed by atoms with E-state index in [4.69, 9.17) is 0 Å². The second-order valence-corrected chi connectivity index (χ2v) is 7.60. The lowest BCUT2D eigenvalue weighted by Gasteiger charge is -2.36. The zero-order valence-electron chi connectivity index (χ0n) is 14.2. The van der Waals surface area contributed by atoms with Crippen LogP contribution < -0.4 is 0 Å². The van der Waals surface area contributed by atoms with Crippen molar-refractivity contribution in [1.29, 1.82) is 0 Å². The molecule has 4 nitrogen and oxygen atoms in total. The second-order valence-electron chi connectivity index (χ2n) is 6.29. The molecule has 0 bridgehead atoms. The zero-order valence-corrected chi connectivity index (χ0v) is 15.0. The second kappa shape index (κ2) is 6.95. The van der Waals surface area contributed by atoms with Crippen LogP contribution in [0.25, 0.3) is 11.0 Å². The highest BCUT2D eigenvalue weighted by Crippen LogP contribution is 2.29. The minimum absolute atomic E-state index is 0.0994. The molecule has 124 valence electrons. The Hall–Kier alpha value is -1.49. The number of thioether (sulfide) groups is 1. The van der Waals surface area contributed by atoms with E-state index in [0.29, 0.717) is 6.04 Å². The van der Waals surface area contributed by atoms with Gasteiger partial charge in [-0.05, 0) is 44.7 Å². The first-order chi connectivity index (χ1) is 11.1. The normalized spacial score (nSPS) is 20.0. The molecule has 0 radical (unpaired) electrons. The van der Waals surface area contributed by atoms with Crippen LogP contribution in [-0.4, -0.2) is 38.2 Å². The lowest BCUT2D eigenvalue weighted by atomic mass is 10.00. The van der Waals surface area contributed by atoms with E-state index in [1.165, 1.54) is 6.42 Å². The summed E-state index contributed by atoms with van der Waals surface area (Å²) in [6.07, 6.45) is 4.57. The van der Waals surface area contributed by atoms with Gasteiger partial charge in [0.15, 0.2) is 5.16 Å². The molecule has 2 aromatic rings. The van der Waals surface area contributed by atoms with Gasteiger partial charge in [-0.25, -0.2) is 4.98 Å². The van der Waals surface area contributed by atoms with Crippen molar-refractivity contribution in [2.45, 2.75) is 56.0 Å². The van der Waals surface area contributed by atoms with E-state index in [-0.39, 0.29) is 11.2 Å². The van der Waals surface area contributed by atoms with Crippen molar-refractivity contribution < 1.29 is 4.79 Å². The summed E-state index contributed by atoms with van der Waals surface area (Å²) in [6.45, 7) is 5.10. The molecule has 1 aliphatic heterocycles. The molecule has 0 saturated carbocycles. The molecular formula is C18H25N3OS. The van der Waals surface area contributed by atoms with E-state index in [0.717, 1.165) is 42.0 Å². The first-order valence-electron chi connectivity index (χ1n) is 8.50. The number of likely N-dealkylation sites (tertiary alicyclic amines) is 1. The van der Waals surface area contributed by atoms with Crippen molar-refractivity contribution in [3.63, 3.8) is 0 Å². The first kappa shape index (κ1) is 16.4. The van der Waals surface area contributed by atoms with Crippen molar-refractivity contribution in [2.75, 3.05) is 6.54 Å². The molecule has 1 saturated heterocycles. The van der Waals surface area contributed by atoms with Crippen molar-refractivity contribution in [3.8, 4) is 0 Å². The van der Waals surface area contributed by atoms with E-state index in [1.807, 2.05) is 32.2 Å². The molecule has 0 N–H and O–H groups in total. The number of hydrogen-bond acceptors (Lipinski definition) is 3. The highest BCUT2D eigenvalue weighted by Gasteiger charge is 2.29.